The van der Waals surface area contributed by atoms with E-state index in [2.05, 4.69) is 15.2 Å². The molecule has 8 nitrogen and oxygen atoms in total. The van der Waals surface area contributed by atoms with Crippen molar-refractivity contribution in [3.05, 3.63) is 29.9 Å². The van der Waals surface area contributed by atoms with Crippen molar-refractivity contribution in [3.8, 4) is 0 Å². The molecule has 0 N–H and O–H groups in total. The van der Waals surface area contributed by atoms with Gasteiger partial charge in [-0.1, -0.05) is 0 Å². The Morgan fingerprint density at radius 2 is 2.26 bits per heavy atom. The Labute approximate surface area is 135 Å². The van der Waals surface area contributed by atoms with Gasteiger partial charge in [0.15, 0.2) is 5.82 Å². The molecule has 2 aromatic rings. The molecule has 1 fully saturated rings. The summed E-state index contributed by atoms with van der Waals surface area (Å²) in [5.74, 6) is 2.95. The van der Waals surface area contributed by atoms with Gasteiger partial charge in [0.25, 0.3) is 0 Å². The quantitative estimate of drug-likeness (QED) is 0.853. The number of imidazole rings is 1. The first-order valence-corrected chi connectivity index (χ1v) is 7.79. The number of ether oxygens (including phenoxy) is 1. The lowest BCUT2D eigenvalue weighted by molar-refractivity contribution is 0.110. The molecule has 1 amide bonds. The summed E-state index contributed by atoms with van der Waals surface area (Å²) in [6, 6.07) is 0. The summed E-state index contributed by atoms with van der Waals surface area (Å²) in [7, 11) is 3.40. The average Bonchev–Trinajstić information content (AvgIpc) is 3.14. The molecule has 1 atom stereocenters. The minimum Gasteiger partial charge on any atom is -0.453 e. The van der Waals surface area contributed by atoms with Gasteiger partial charge < -0.3 is 18.8 Å². The van der Waals surface area contributed by atoms with Crippen LogP contribution in [0.2, 0.25) is 0 Å². The maximum atomic E-state index is 11.7. The van der Waals surface area contributed by atoms with Gasteiger partial charge in [-0.05, 0) is 19.8 Å². The molecule has 0 unspecified atom stereocenters. The molecule has 23 heavy (non-hydrogen) atoms. The van der Waals surface area contributed by atoms with Crippen LogP contribution in [0.25, 0.3) is 0 Å². The number of nitrogens with zero attached hydrogens (tertiary/aromatic N) is 6. The van der Waals surface area contributed by atoms with Crippen LogP contribution in [0, 0.1) is 6.92 Å². The molecule has 0 aromatic carbocycles. The largest absolute Gasteiger partial charge is 0.453 e. The number of carbonyl (C=O) groups excluding carboxylic acids is 1. The Balaban J connectivity index is 1.76. The van der Waals surface area contributed by atoms with Gasteiger partial charge in [0.1, 0.15) is 11.6 Å². The number of amides is 1. The predicted molar refractivity (Wildman–Crippen MR) is 83.0 cm³/mol. The summed E-state index contributed by atoms with van der Waals surface area (Å²) in [5, 5.41) is 8.70. The molecular weight excluding hydrogens is 296 g/mol. The summed E-state index contributed by atoms with van der Waals surface area (Å²) in [5.41, 5.74) is 0. The monoisotopic (exact) mass is 318 g/mol. The van der Waals surface area contributed by atoms with Crippen molar-refractivity contribution in [1.82, 2.24) is 29.2 Å². The standard InChI is InChI=1S/C15H22N6O2/c1-11-16-6-8-20(11)10-13-17-18-14(19(13)2)12-5-4-7-21(9-12)15(22)23-3/h6,8,12H,4-5,7,9-10H2,1-3H3/t12-/m1/s1. The van der Waals surface area contributed by atoms with Gasteiger partial charge >= 0.3 is 6.09 Å². The number of methoxy groups -OCH3 is 1. The highest BCUT2D eigenvalue weighted by Crippen LogP contribution is 2.26. The van der Waals surface area contributed by atoms with E-state index in [1.807, 2.05) is 29.3 Å². The third-order valence-corrected chi connectivity index (χ3v) is 4.45. The molecule has 1 aliphatic rings. The van der Waals surface area contributed by atoms with Gasteiger partial charge in [-0.15, -0.1) is 10.2 Å². The number of likely N-dealkylation sites (tertiary alicyclic amines) is 1. The zero-order valence-corrected chi connectivity index (χ0v) is 13.8. The molecule has 1 aliphatic heterocycles. The first-order chi connectivity index (χ1) is 11.1. The zero-order chi connectivity index (χ0) is 16.4. The van der Waals surface area contributed by atoms with Crippen LogP contribution in [0.15, 0.2) is 12.4 Å². The molecule has 0 radical (unpaired) electrons. The van der Waals surface area contributed by atoms with Gasteiger partial charge in [0.2, 0.25) is 0 Å². The normalized spacial score (nSPS) is 18.2. The van der Waals surface area contributed by atoms with Gasteiger partial charge in [-0.2, -0.15) is 0 Å². The van der Waals surface area contributed by atoms with Crippen molar-refractivity contribution < 1.29 is 9.53 Å². The number of piperidine rings is 1. The maximum absolute atomic E-state index is 11.7. The lowest BCUT2D eigenvalue weighted by atomic mass is 9.97. The van der Waals surface area contributed by atoms with Crippen molar-refractivity contribution in [2.24, 2.45) is 7.05 Å². The van der Waals surface area contributed by atoms with Crippen molar-refractivity contribution >= 4 is 6.09 Å². The van der Waals surface area contributed by atoms with Crippen molar-refractivity contribution in [1.29, 1.82) is 0 Å². The molecule has 1 saturated heterocycles. The van der Waals surface area contributed by atoms with Crippen LogP contribution >= 0.6 is 0 Å². The van der Waals surface area contributed by atoms with E-state index in [-0.39, 0.29) is 12.0 Å². The van der Waals surface area contributed by atoms with E-state index in [1.165, 1.54) is 7.11 Å². The Morgan fingerprint density at radius 1 is 1.43 bits per heavy atom. The van der Waals surface area contributed by atoms with Crippen molar-refractivity contribution in [2.75, 3.05) is 20.2 Å². The van der Waals surface area contributed by atoms with Crippen molar-refractivity contribution in [3.63, 3.8) is 0 Å². The molecule has 0 aliphatic carbocycles. The van der Waals surface area contributed by atoms with Gasteiger partial charge in [0.05, 0.1) is 13.7 Å². The summed E-state index contributed by atoms with van der Waals surface area (Å²) in [6.07, 6.45) is 5.39. The molecule has 124 valence electrons. The molecule has 0 bridgehead atoms. The highest BCUT2D eigenvalue weighted by molar-refractivity contribution is 5.67. The summed E-state index contributed by atoms with van der Waals surface area (Å²) >= 11 is 0. The van der Waals surface area contributed by atoms with Crippen LogP contribution in [-0.2, 0) is 18.3 Å². The number of hydrogen-bond acceptors (Lipinski definition) is 5. The van der Waals surface area contributed by atoms with E-state index in [4.69, 9.17) is 4.74 Å². The number of aryl methyl sites for hydroxylation is 1. The molecule has 0 saturated carbocycles. The van der Waals surface area contributed by atoms with E-state index in [0.717, 1.165) is 36.9 Å². The molecule has 3 rings (SSSR count). The first kappa shape index (κ1) is 15.5. The van der Waals surface area contributed by atoms with Crippen LogP contribution in [-0.4, -0.2) is 55.5 Å². The third kappa shape index (κ3) is 3.06. The Kier molecular flexibility index (Phi) is 4.31. The van der Waals surface area contributed by atoms with Crippen LogP contribution in [0.3, 0.4) is 0 Å². The number of rotatable bonds is 3. The fourth-order valence-corrected chi connectivity index (χ4v) is 3.07. The molecule has 0 spiro atoms. The topological polar surface area (TPSA) is 78.1 Å². The third-order valence-electron chi connectivity index (χ3n) is 4.45. The second-order valence-electron chi connectivity index (χ2n) is 5.89. The highest BCUT2D eigenvalue weighted by atomic mass is 16.5. The molecular formula is C15H22N6O2. The highest BCUT2D eigenvalue weighted by Gasteiger charge is 2.28. The maximum Gasteiger partial charge on any atom is 0.409 e. The van der Waals surface area contributed by atoms with Crippen LogP contribution in [0.4, 0.5) is 4.79 Å². The van der Waals surface area contributed by atoms with E-state index in [9.17, 15) is 4.79 Å². The Bertz CT molecular complexity index is 692. The van der Waals surface area contributed by atoms with E-state index >= 15 is 0 Å². The Morgan fingerprint density at radius 3 is 2.96 bits per heavy atom. The summed E-state index contributed by atoms with van der Waals surface area (Å²) in [4.78, 5) is 17.7. The lowest BCUT2D eigenvalue weighted by Gasteiger charge is -2.31. The minimum absolute atomic E-state index is 0.193. The average molecular weight is 318 g/mol. The smallest absolute Gasteiger partial charge is 0.409 e. The molecule has 3 heterocycles. The van der Waals surface area contributed by atoms with Gasteiger partial charge in [0, 0.05) is 38.4 Å². The minimum atomic E-state index is -0.272. The van der Waals surface area contributed by atoms with Crippen molar-refractivity contribution in [2.45, 2.75) is 32.2 Å². The zero-order valence-electron chi connectivity index (χ0n) is 13.8. The van der Waals surface area contributed by atoms with E-state index in [0.29, 0.717) is 13.1 Å². The van der Waals surface area contributed by atoms with E-state index < -0.39 is 0 Å². The van der Waals surface area contributed by atoms with Crippen LogP contribution in [0.5, 0.6) is 0 Å². The SMILES string of the molecule is COC(=O)N1CCC[C@@H](c2nnc(Cn3ccnc3C)n2C)C1. The summed E-state index contributed by atoms with van der Waals surface area (Å²) in [6.45, 7) is 3.97. The first-order valence-electron chi connectivity index (χ1n) is 7.79. The van der Waals surface area contributed by atoms with E-state index in [1.54, 1.807) is 11.1 Å². The molecule has 8 heteroatoms. The Hall–Kier alpha value is -2.38. The fraction of sp³-hybridized carbons (Fsp3) is 0.600. The number of aromatic nitrogens is 5. The second kappa shape index (κ2) is 6.39. The van der Waals surface area contributed by atoms with Gasteiger partial charge in [-0.3, -0.25) is 0 Å². The van der Waals surface area contributed by atoms with Gasteiger partial charge in [-0.25, -0.2) is 9.78 Å². The van der Waals surface area contributed by atoms with Crippen LogP contribution in [0.1, 0.15) is 36.2 Å². The number of carbonyl (C=O) groups is 1. The number of hydrogen-bond donors (Lipinski definition) is 0. The predicted octanol–water partition coefficient (Wildman–Crippen LogP) is 1.31. The molecule has 2 aromatic heterocycles. The fourth-order valence-electron chi connectivity index (χ4n) is 3.07. The van der Waals surface area contributed by atoms with Crippen LogP contribution < -0.4 is 0 Å². The second-order valence-corrected chi connectivity index (χ2v) is 5.89. The summed E-state index contributed by atoms with van der Waals surface area (Å²) < 4.78 is 8.90. The lowest BCUT2D eigenvalue weighted by Crippen LogP contribution is -2.39.